The van der Waals surface area contributed by atoms with Gasteiger partial charge in [0.25, 0.3) is 0 Å². The summed E-state index contributed by atoms with van der Waals surface area (Å²) in [6.45, 7) is 2.03. The molecule has 1 atom stereocenters. The van der Waals surface area contributed by atoms with E-state index < -0.39 is 6.10 Å². The molecule has 18 heavy (non-hydrogen) atoms. The molecule has 0 aromatic heterocycles. The van der Waals surface area contributed by atoms with Gasteiger partial charge in [-0.3, -0.25) is 0 Å². The third kappa shape index (κ3) is 3.44. The molecular weight excluding hydrogens is 356 g/mol. The Morgan fingerprint density at radius 3 is 2.33 bits per heavy atom. The molecule has 0 bridgehead atoms. The number of benzene rings is 2. The zero-order valence-electron chi connectivity index (χ0n) is 10.0. The van der Waals surface area contributed by atoms with Crippen molar-refractivity contribution in [2.24, 2.45) is 0 Å². The van der Waals surface area contributed by atoms with E-state index in [2.05, 4.69) is 31.9 Å². The number of hydrogen-bond donors (Lipinski definition) is 1. The van der Waals surface area contributed by atoms with Crippen LogP contribution in [0.25, 0.3) is 0 Å². The minimum Gasteiger partial charge on any atom is -0.388 e. The van der Waals surface area contributed by atoms with E-state index in [-0.39, 0.29) is 0 Å². The van der Waals surface area contributed by atoms with Gasteiger partial charge < -0.3 is 5.11 Å². The van der Waals surface area contributed by atoms with Crippen molar-refractivity contribution < 1.29 is 5.11 Å². The molecule has 3 heteroatoms. The molecule has 1 unspecified atom stereocenters. The van der Waals surface area contributed by atoms with Gasteiger partial charge >= 0.3 is 0 Å². The molecule has 0 saturated heterocycles. The first-order valence-electron chi connectivity index (χ1n) is 5.75. The van der Waals surface area contributed by atoms with Crippen molar-refractivity contribution in [1.29, 1.82) is 0 Å². The zero-order chi connectivity index (χ0) is 13.1. The second kappa shape index (κ2) is 6.00. The molecule has 94 valence electrons. The first-order valence-corrected chi connectivity index (χ1v) is 7.33. The van der Waals surface area contributed by atoms with E-state index in [1.807, 2.05) is 49.4 Å². The average molecular weight is 370 g/mol. The summed E-state index contributed by atoms with van der Waals surface area (Å²) in [4.78, 5) is 0. The standard InChI is InChI=1S/C15H14Br2O/c1-10-8-12(4-7-14(10)17)15(18)9-11-2-5-13(16)6-3-11/h2-8,15,18H,9H2,1H3. The van der Waals surface area contributed by atoms with Crippen LogP contribution in [0.5, 0.6) is 0 Å². The molecule has 0 heterocycles. The van der Waals surface area contributed by atoms with Crippen LogP contribution in [0.2, 0.25) is 0 Å². The van der Waals surface area contributed by atoms with Crippen molar-refractivity contribution >= 4 is 31.9 Å². The summed E-state index contributed by atoms with van der Waals surface area (Å²) in [7, 11) is 0. The fourth-order valence-electron chi connectivity index (χ4n) is 1.84. The second-order valence-corrected chi connectivity index (χ2v) is 6.13. The van der Waals surface area contributed by atoms with Gasteiger partial charge in [0.1, 0.15) is 0 Å². The Hall–Kier alpha value is -0.640. The number of aryl methyl sites for hydroxylation is 1. The van der Waals surface area contributed by atoms with Crippen LogP contribution < -0.4 is 0 Å². The molecule has 2 aromatic rings. The third-order valence-corrected chi connectivity index (χ3v) is 4.33. The normalized spacial score (nSPS) is 12.4. The molecule has 0 aliphatic rings. The fraction of sp³-hybridized carbons (Fsp3) is 0.200. The number of halogens is 2. The smallest absolute Gasteiger partial charge is 0.0830 e. The van der Waals surface area contributed by atoms with Crippen molar-refractivity contribution in [1.82, 2.24) is 0 Å². The molecule has 1 nitrogen and oxygen atoms in total. The van der Waals surface area contributed by atoms with Crippen LogP contribution >= 0.6 is 31.9 Å². The highest BCUT2D eigenvalue weighted by atomic mass is 79.9. The molecule has 0 aliphatic carbocycles. The van der Waals surface area contributed by atoms with E-state index >= 15 is 0 Å². The zero-order valence-corrected chi connectivity index (χ0v) is 13.2. The quantitative estimate of drug-likeness (QED) is 0.824. The van der Waals surface area contributed by atoms with Gasteiger partial charge in [0.05, 0.1) is 6.10 Å². The molecule has 0 spiro atoms. The largest absolute Gasteiger partial charge is 0.388 e. The number of hydrogen-bond acceptors (Lipinski definition) is 1. The van der Waals surface area contributed by atoms with Crippen molar-refractivity contribution in [3.63, 3.8) is 0 Å². The molecule has 1 N–H and O–H groups in total. The number of aliphatic hydroxyl groups is 1. The maximum atomic E-state index is 10.2. The Morgan fingerprint density at radius 2 is 1.72 bits per heavy atom. The number of aliphatic hydroxyl groups excluding tert-OH is 1. The third-order valence-electron chi connectivity index (χ3n) is 2.91. The Kier molecular flexibility index (Phi) is 4.60. The molecule has 0 fully saturated rings. The summed E-state index contributed by atoms with van der Waals surface area (Å²) in [5, 5.41) is 10.2. The van der Waals surface area contributed by atoms with Crippen LogP contribution in [-0.2, 0) is 6.42 Å². The average Bonchev–Trinajstić information content (AvgIpc) is 2.35. The highest BCUT2D eigenvalue weighted by molar-refractivity contribution is 9.10. The van der Waals surface area contributed by atoms with Crippen LogP contribution in [-0.4, -0.2) is 5.11 Å². The topological polar surface area (TPSA) is 20.2 Å². The van der Waals surface area contributed by atoms with E-state index in [1.165, 1.54) is 0 Å². The minimum atomic E-state index is -0.460. The molecular formula is C15H14Br2O. The Morgan fingerprint density at radius 1 is 1.06 bits per heavy atom. The monoisotopic (exact) mass is 368 g/mol. The molecule has 2 rings (SSSR count). The lowest BCUT2D eigenvalue weighted by atomic mass is 10.0. The predicted octanol–water partition coefficient (Wildman–Crippen LogP) is 4.80. The van der Waals surface area contributed by atoms with E-state index in [0.29, 0.717) is 6.42 Å². The van der Waals surface area contributed by atoms with Gasteiger partial charge in [-0.05, 0) is 41.8 Å². The fourth-order valence-corrected chi connectivity index (χ4v) is 2.35. The van der Waals surface area contributed by atoms with Crippen molar-refractivity contribution in [2.45, 2.75) is 19.4 Å². The minimum absolute atomic E-state index is 0.460. The van der Waals surface area contributed by atoms with Gasteiger partial charge in [0.2, 0.25) is 0 Å². The predicted molar refractivity (Wildman–Crippen MR) is 81.7 cm³/mol. The summed E-state index contributed by atoms with van der Waals surface area (Å²) in [6.07, 6.45) is 0.173. The lowest BCUT2D eigenvalue weighted by Crippen LogP contribution is -2.02. The van der Waals surface area contributed by atoms with Crippen molar-refractivity contribution in [2.75, 3.05) is 0 Å². The van der Waals surface area contributed by atoms with Crippen LogP contribution in [0, 0.1) is 6.92 Å². The number of rotatable bonds is 3. The molecule has 0 aliphatic heterocycles. The van der Waals surface area contributed by atoms with E-state index in [1.54, 1.807) is 0 Å². The maximum Gasteiger partial charge on any atom is 0.0830 e. The Balaban J connectivity index is 2.13. The molecule has 0 radical (unpaired) electrons. The van der Waals surface area contributed by atoms with Gasteiger partial charge in [0, 0.05) is 15.4 Å². The maximum absolute atomic E-state index is 10.2. The van der Waals surface area contributed by atoms with Gasteiger partial charge in [-0.15, -0.1) is 0 Å². The van der Waals surface area contributed by atoms with E-state index in [0.717, 1.165) is 25.6 Å². The van der Waals surface area contributed by atoms with Gasteiger partial charge in [-0.1, -0.05) is 56.1 Å². The first kappa shape index (κ1) is 13.8. The van der Waals surface area contributed by atoms with Gasteiger partial charge in [0.15, 0.2) is 0 Å². The first-order chi connectivity index (χ1) is 8.56. The lowest BCUT2D eigenvalue weighted by molar-refractivity contribution is 0.178. The molecule has 0 saturated carbocycles. The summed E-state index contributed by atoms with van der Waals surface area (Å²) in [5.74, 6) is 0. The highest BCUT2D eigenvalue weighted by Crippen LogP contribution is 2.24. The van der Waals surface area contributed by atoms with E-state index in [4.69, 9.17) is 0 Å². The summed E-state index contributed by atoms with van der Waals surface area (Å²) in [6, 6.07) is 14.0. The summed E-state index contributed by atoms with van der Waals surface area (Å²) >= 11 is 6.87. The van der Waals surface area contributed by atoms with Crippen molar-refractivity contribution in [3.8, 4) is 0 Å². The Bertz CT molecular complexity index is 535. The van der Waals surface area contributed by atoms with Crippen LogP contribution in [0.1, 0.15) is 22.8 Å². The SMILES string of the molecule is Cc1cc(C(O)Cc2ccc(Br)cc2)ccc1Br. The van der Waals surface area contributed by atoms with Gasteiger partial charge in [-0.2, -0.15) is 0 Å². The van der Waals surface area contributed by atoms with Crippen molar-refractivity contribution in [3.05, 3.63) is 68.1 Å². The van der Waals surface area contributed by atoms with E-state index in [9.17, 15) is 5.11 Å². The molecule has 2 aromatic carbocycles. The van der Waals surface area contributed by atoms with Gasteiger partial charge in [-0.25, -0.2) is 0 Å². The lowest BCUT2D eigenvalue weighted by Gasteiger charge is -2.12. The second-order valence-electron chi connectivity index (χ2n) is 4.36. The molecule has 0 amide bonds. The van der Waals surface area contributed by atoms with Crippen LogP contribution in [0.3, 0.4) is 0 Å². The summed E-state index contributed by atoms with van der Waals surface area (Å²) in [5.41, 5.74) is 3.23. The highest BCUT2D eigenvalue weighted by Gasteiger charge is 2.09. The van der Waals surface area contributed by atoms with Crippen LogP contribution in [0.4, 0.5) is 0 Å². The van der Waals surface area contributed by atoms with Crippen LogP contribution in [0.15, 0.2) is 51.4 Å². The summed E-state index contributed by atoms with van der Waals surface area (Å²) < 4.78 is 2.13. The Labute approximate surface area is 124 Å².